The van der Waals surface area contributed by atoms with Gasteiger partial charge in [0.15, 0.2) is 5.82 Å². The monoisotopic (exact) mass is 868 g/mol. The molecule has 1 amide bonds. The molecule has 0 aliphatic heterocycles. The number of amides is 1. The van der Waals surface area contributed by atoms with Gasteiger partial charge in [-0.25, -0.2) is 4.98 Å². The summed E-state index contributed by atoms with van der Waals surface area (Å²) < 4.78 is 1.58. The fourth-order valence-corrected chi connectivity index (χ4v) is 8.45. The van der Waals surface area contributed by atoms with Crippen LogP contribution in [0, 0.1) is 28.4 Å². The van der Waals surface area contributed by atoms with Crippen molar-refractivity contribution in [3.63, 3.8) is 0 Å². The van der Waals surface area contributed by atoms with Crippen LogP contribution in [0.2, 0.25) is 20.1 Å². The van der Waals surface area contributed by atoms with E-state index >= 15 is 0 Å². The van der Waals surface area contributed by atoms with Crippen LogP contribution >= 0.6 is 114 Å². The van der Waals surface area contributed by atoms with E-state index in [4.69, 9.17) is 52.1 Å². The number of nitrogens with one attached hydrogen (secondary N) is 1. The minimum absolute atomic E-state index is 0.324. The van der Waals surface area contributed by atoms with E-state index in [2.05, 4.69) is 49.9 Å². The van der Waals surface area contributed by atoms with Crippen LogP contribution in [0.5, 0.6) is 0 Å². The molecule has 0 bridgehead atoms. The highest BCUT2D eigenvalue weighted by Gasteiger charge is 2.24. The van der Waals surface area contributed by atoms with Crippen LogP contribution in [0.15, 0.2) is 42.7 Å². The lowest BCUT2D eigenvalue weighted by Gasteiger charge is -2.06. The minimum Gasteiger partial charge on any atom is -0.365 e. The molecule has 7 nitrogen and oxygen atoms in total. The Kier molecular flexibility index (Phi) is 10.3. The van der Waals surface area contributed by atoms with E-state index < -0.39 is 5.91 Å². The zero-order chi connectivity index (χ0) is 29.1. The molecule has 2 aromatic carbocycles. The lowest BCUT2D eigenvalue weighted by Crippen LogP contribution is -2.10. The predicted octanol–water partition coefficient (Wildman–Crippen LogP) is 9.28. The largest absolute Gasteiger partial charge is 0.365 e. The summed E-state index contributed by atoms with van der Waals surface area (Å²) in [6.07, 6.45) is 1.43. The molecule has 0 saturated heterocycles. The third-order valence-electron chi connectivity index (χ3n) is 5.21. The molecule has 0 aliphatic rings. The maximum atomic E-state index is 11.5. The molecule has 40 heavy (non-hydrogen) atoms. The number of rotatable bonds is 4. The molecule has 3 N–H and O–H groups in total. The van der Waals surface area contributed by atoms with Crippen molar-refractivity contribution in [1.82, 2.24) is 15.2 Å². The molecule has 5 aromatic rings. The van der Waals surface area contributed by atoms with Crippen LogP contribution in [0.3, 0.4) is 0 Å². The Hall–Kier alpha value is -1.95. The summed E-state index contributed by atoms with van der Waals surface area (Å²) in [4.78, 5) is 16.8. The van der Waals surface area contributed by atoms with Crippen LogP contribution in [0.25, 0.3) is 33.0 Å². The Morgan fingerprint density at radius 1 is 0.875 bits per heavy atom. The van der Waals surface area contributed by atoms with Crippen molar-refractivity contribution in [2.24, 2.45) is 5.73 Å². The second-order valence-corrected chi connectivity index (χ2v) is 14.9. The topological polar surface area (TPSA) is 132 Å². The Morgan fingerprint density at radius 3 is 1.88 bits per heavy atom. The SMILES string of the molecule is N#Cc1c(I)sc(-c2ncn[nH]2)c1-c1ccc(Cl)cc1Cl.N#Cc1c(I)sc(C(N)=O)c1-c1ccc(Cl)cc1Cl. The summed E-state index contributed by atoms with van der Waals surface area (Å²) in [6.45, 7) is 0. The molecule has 0 unspecified atom stereocenters. The average molecular weight is 870 g/mol. The van der Waals surface area contributed by atoms with E-state index in [0.29, 0.717) is 55.9 Å². The summed E-state index contributed by atoms with van der Waals surface area (Å²) in [5, 5.41) is 27.3. The number of H-pyrrole nitrogens is 1. The number of carbonyl (C=O) groups excluding carboxylic acids is 1. The van der Waals surface area contributed by atoms with Gasteiger partial charge >= 0.3 is 0 Å². The molecule has 0 saturated carbocycles. The first-order valence-corrected chi connectivity index (χ1v) is 15.9. The van der Waals surface area contributed by atoms with Crippen molar-refractivity contribution in [2.45, 2.75) is 0 Å². The number of hydrogen-bond donors (Lipinski definition) is 2. The predicted molar refractivity (Wildman–Crippen MR) is 178 cm³/mol. The Labute approximate surface area is 283 Å². The average Bonchev–Trinajstić information content (AvgIpc) is 3.62. The third kappa shape index (κ3) is 6.42. The number of hydrogen-bond acceptors (Lipinski definition) is 7. The van der Waals surface area contributed by atoms with E-state index in [1.54, 1.807) is 30.3 Å². The minimum atomic E-state index is -0.578. The molecule has 0 atom stereocenters. The number of halogens is 6. The summed E-state index contributed by atoms with van der Waals surface area (Å²) in [5.74, 6) is 0.0332. The number of nitrogens with zero attached hydrogens (tertiary/aromatic N) is 4. The Bertz CT molecular complexity index is 1840. The fourth-order valence-electron chi connectivity index (χ4n) is 3.56. The van der Waals surface area contributed by atoms with Crippen LogP contribution < -0.4 is 5.73 Å². The van der Waals surface area contributed by atoms with E-state index in [9.17, 15) is 15.3 Å². The molecule has 5 rings (SSSR count). The smallest absolute Gasteiger partial charge is 0.259 e. The van der Waals surface area contributed by atoms with Gasteiger partial charge in [0.25, 0.3) is 5.91 Å². The number of thiophene rings is 2. The molecule has 15 heteroatoms. The molecule has 0 spiro atoms. The van der Waals surface area contributed by atoms with Crippen molar-refractivity contribution in [2.75, 3.05) is 0 Å². The van der Waals surface area contributed by atoms with Crippen molar-refractivity contribution in [1.29, 1.82) is 10.5 Å². The number of nitrogens with two attached hydrogens (primary N) is 1. The van der Waals surface area contributed by atoms with Crippen LogP contribution in [0.1, 0.15) is 20.8 Å². The van der Waals surface area contributed by atoms with Crippen molar-refractivity contribution in [3.8, 4) is 45.1 Å². The van der Waals surface area contributed by atoms with Crippen LogP contribution in [-0.4, -0.2) is 21.1 Å². The Morgan fingerprint density at radius 2 is 1.40 bits per heavy atom. The number of primary amides is 1. The van der Waals surface area contributed by atoms with Crippen LogP contribution in [0.4, 0.5) is 0 Å². The van der Waals surface area contributed by atoms with Crippen molar-refractivity contribution < 1.29 is 4.79 Å². The molecule has 200 valence electrons. The van der Waals surface area contributed by atoms with Gasteiger partial charge in [-0.2, -0.15) is 15.6 Å². The summed E-state index contributed by atoms with van der Waals surface area (Å²) >= 11 is 31.0. The second-order valence-electron chi connectivity index (χ2n) is 7.58. The van der Waals surface area contributed by atoms with Gasteiger partial charge in [0.05, 0.1) is 21.8 Å². The number of benzene rings is 2. The lowest BCUT2D eigenvalue weighted by atomic mass is 10.0. The maximum Gasteiger partial charge on any atom is 0.259 e. The number of carbonyl (C=O) groups is 1. The first kappa shape index (κ1) is 31.0. The molecular weight excluding hydrogens is 860 g/mol. The van der Waals surface area contributed by atoms with Gasteiger partial charge in [0, 0.05) is 42.3 Å². The van der Waals surface area contributed by atoms with Gasteiger partial charge in [0.2, 0.25) is 0 Å². The highest BCUT2D eigenvalue weighted by atomic mass is 127. The molecule has 0 radical (unpaired) electrons. The number of aromatic amines is 1. The fraction of sp³-hybridized carbons (Fsp3) is 0. The lowest BCUT2D eigenvalue weighted by molar-refractivity contribution is 0.100. The third-order valence-corrected chi connectivity index (χ3v) is 10.7. The van der Waals surface area contributed by atoms with Crippen LogP contribution in [-0.2, 0) is 0 Å². The van der Waals surface area contributed by atoms with E-state index in [-0.39, 0.29) is 0 Å². The second kappa shape index (κ2) is 13.4. The summed E-state index contributed by atoms with van der Waals surface area (Å²) in [6, 6.07) is 14.4. The van der Waals surface area contributed by atoms with Gasteiger partial charge in [-0.1, -0.05) is 58.5 Å². The van der Waals surface area contributed by atoms with Gasteiger partial charge in [-0.3, -0.25) is 9.89 Å². The zero-order valence-corrected chi connectivity index (χ0v) is 28.4. The van der Waals surface area contributed by atoms with E-state index in [1.807, 2.05) is 28.7 Å². The van der Waals surface area contributed by atoms with E-state index in [1.165, 1.54) is 29.0 Å². The normalized spacial score (nSPS) is 10.4. The molecular formula is C25H10Cl4I2N6OS2. The zero-order valence-electron chi connectivity index (χ0n) is 19.4. The summed E-state index contributed by atoms with van der Waals surface area (Å²) in [7, 11) is 0. The van der Waals surface area contributed by atoms with Gasteiger partial charge in [-0.15, -0.1) is 22.7 Å². The quantitative estimate of drug-likeness (QED) is 0.174. The Balaban J connectivity index is 0.000000186. The maximum absolute atomic E-state index is 11.5. The molecule has 3 aromatic heterocycles. The van der Waals surface area contributed by atoms with Gasteiger partial charge in [-0.05, 0) is 69.4 Å². The van der Waals surface area contributed by atoms with Gasteiger partial charge in [0.1, 0.15) is 23.3 Å². The first-order chi connectivity index (χ1) is 19.1. The molecule has 0 aliphatic carbocycles. The van der Waals surface area contributed by atoms with Gasteiger partial charge < -0.3 is 5.73 Å². The van der Waals surface area contributed by atoms with Crippen molar-refractivity contribution >= 4 is 120 Å². The number of aromatic nitrogens is 3. The van der Waals surface area contributed by atoms with E-state index in [0.717, 1.165) is 18.9 Å². The van der Waals surface area contributed by atoms with Crippen molar-refractivity contribution in [3.05, 3.63) is 84.6 Å². The first-order valence-electron chi connectivity index (χ1n) is 10.6. The molecule has 3 heterocycles. The summed E-state index contributed by atoms with van der Waals surface area (Å²) in [5.41, 5.74) is 8.91. The number of nitriles is 2. The highest BCUT2D eigenvalue weighted by molar-refractivity contribution is 14.1. The standard InChI is InChI=1S/C13H5Cl2IN4S.C12H5Cl2IN2OS/c14-6-1-2-7(9(15)3-6)10-8(4-17)12(16)21-11(10)13-18-5-19-20-13;13-5-1-2-6(8(14)3-5)9-7(4-16)11(15)19-10(9)12(17)18/h1-3,5H,(H,18,19,20);1-3H,(H2,17,18). The highest BCUT2D eigenvalue weighted by Crippen LogP contribution is 2.45. The molecule has 0 fully saturated rings.